The van der Waals surface area contributed by atoms with Gasteiger partial charge >= 0.3 is 0 Å². The van der Waals surface area contributed by atoms with E-state index in [0.717, 1.165) is 75.2 Å². The number of carbonyl (C=O) groups excluding carboxylic acids is 2. The van der Waals surface area contributed by atoms with Crippen molar-refractivity contribution in [2.75, 3.05) is 40.4 Å². The number of ether oxygens (including phenoxy) is 2. The standard InChI is InChI=1S/C26H39N3O4/c1-32-21-10-11-22(24(17-21)33-2)23-9-6-14-29(23)25(30)18-28-15-12-20(13-16-28)27-26(31)19-7-4-3-5-8-19/h10-11,17,19-20,23H,3-9,12-16,18H2,1-2H3,(H,27,31). The Labute approximate surface area is 197 Å². The number of benzene rings is 1. The van der Waals surface area contributed by atoms with Gasteiger partial charge in [-0.3, -0.25) is 14.5 Å². The van der Waals surface area contributed by atoms with Gasteiger partial charge in [0, 0.05) is 43.2 Å². The second-order valence-corrected chi connectivity index (χ2v) is 9.75. The van der Waals surface area contributed by atoms with Gasteiger partial charge in [0.25, 0.3) is 0 Å². The molecular formula is C26H39N3O4. The molecular weight excluding hydrogens is 418 g/mol. The lowest BCUT2D eigenvalue weighted by molar-refractivity contribution is -0.134. The van der Waals surface area contributed by atoms with Crippen LogP contribution in [-0.4, -0.2) is 68.1 Å². The van der Waals surface area contributed by atoms with Crippen LogP contribution in [0.5, 0.6) is 11.5 Å². The number of nitrogens with one attached hydrogen (secondary N) is 1. The minimum absolute atomic E-state index is 0.0469. The van der Waals surface area contributed by atoms with Crippen molar-refractivity contribution in [2.45, 2.75) is 69.9 Å². The Morgan fingerprint density at radius 1 is 0.939 bits per heavy atom. The molecule has 0 aromatic heterocycles. The zero-order valence-corrected chi connectivity index (χ0v) is 20.2. The predicted octanol–water partition coefficient (Wildman–Crippen LogP) is 3.53. The van der Waals surface area contributed by atoms with Crippen LogP contribution < -0.4 is 14.8 Å². The van der Waals surface area contributed by atoms with E-state index in [0.29, 0.717) is 6.54 Å². The molecule has 1 unspecified atom stereocenters. The van der Waals surface area contributed by atoms with Crippen molar-refractivity contribution in [1.82, 2.24) is 15.1 Å². The number of carbonyl (C=O) groups is 2. The molecule has 33 heavy (non-hydrogen) atoms. The van der Waals surface area contributed by atoms with E-state index >= 15 is 0 Å². The Hall–Kier alpha value is -2.28. The van der Waals surface area contributed by atoms with Gasteiger partial charge in [-0.05, 0) is 50.7 Å². The molecule has 0 spiro atoms. The van der Waals surface area contributed by atoms with Gasteiger partial charge < -0.3 is 19.7 Å². The molecule has 2 amide bonds. The largest absolute Gasteiger partial charge is 0.497 e. The fourth-order valence-corrected chi connectivity index (χ4v) is 5.68. The van der Waals surface area contributed by atoms with Crippen LogP contribution in [0, 0.1) is 5.92 Å². The van der Waals surface area contributed by atoms with Gasteiger partial charge in [0.15, 0.2) is 0 Å². The molecule has 2 heterocycles. The van der Waals surface area contributed by atoms with Gasteiger partial charge in [0.2, 0.25) is 11.8 Å². The van der Waals surface area contributed by atoms with E-state index in [1.807, 2.05) is 23.1 Å². The fraction of sp³-hybridized carbons (Fsp3) is 0.692. The molecule has 7 nitrogen and oxygen atoms in total. The van der Waals surface area contributed by atoms with Crippen molar-refractivity contribution < 1.29 is 19.1 Å². The molecule has 1 N–H and O–H groups in total. The maximum absolute atomic E-state index is 13.2. The van der Waals surface area contributed by atoms with Crippen LogP contribution in [0.15, 0.2) is 18.2 Å². The van der Waals surface area contributed by atoms with E-state index in [-0.39, 0.29) is 29.8 Å². The van der Waals surface area contributed by atoms with Gasteiger partial charge in [0.1, 0.15) is 11.5 Å². The molecule has 1 atom stereocenters. The second kappa shape index (κ2) is 11.2. The Morgan fingerprint density at radius 3 is 2.39 bits per heavy atom. The number of likely N-dealkylation sites (tertiary alicyclic amines) is 2. The number of nitrogens with zero attached hydrogens (tertiary/aromatic N) is 2. The highest BCUT2D eigenvalue weighted by atomic mass is 16.5. The predicted molar refractivity (Wildman–Crippen MR) is 127 cm³/mol. The maximum Gasteiger partial charge on any atom is 0.237 e. The van der Waals surface area contributed by atoms with Crippen LogP contribution in [0.3, 0.4) is 0 Å². The highest BCUT2D eigenvalue weighted by Crippen LogP contribution is 2.38. The normalized spacial score (nSPS) is 22.8. The summed E-state index contributed by atoms with van der Waals surface area (Å²) in [6.45, 7) is 2.93. The molecule has 0 bridgehead atoms. The van der Waals surface area contributed by atoms with Crippen molar-refractivity contribution in [3.63, 3.8) is 0 Å². The number of hydrogen-bond donors (Lipinski definition) is 1. The quantitative estimate of drug-likeness (QED) is 0.678. The molecule has 1 aliphatic carbocycles. The summed E-state index contributed by atoms with van der Waals surface area (Å²) in [6, 6.07) is 6.14. The van der Waals surface area contributed by atoms with E-state index in [2.05, 4.69) is 10.2 Å². The molecule has 1 aromatic carbocycles. The summed E-state index contributed by atoms with van der Waals surface area (Å²) in [5.74, 6) is 2.16. The number of hydrogen-bond acceptors (Lipinski definition) is 5. The molecule has 2 aliphatic heterocycles. The van der Waals surface area contributed by atoms with Crippen LogP contribution in [0.2, 0.25) is 0 Å². The van der Waals surface area contributed by atoms with Crippen LogP contribution in [0.25, 0.3) is 0 Å². The molecule has 1 saturated carbocycles. The summed E-state index contributed by atoms with van der Waals surface area (Å²) in [7, 11) is 3.31. The lowest BCUT2D eigenvalue weighted by atomic mass is 9.88. The lowest BCUT2D eigenvalue weighted by Crippen LogP contribution is -2.49. The average molecular weight is 458 g/mol. The van der Waals surface area contributed by atoms with E-state index in [1.165, 1.54) is 19.3 Å². The highest BCUT2D eigenvalue weighted by molar-refractivity contribution is 5.80. The minimum atomic E-state index is 0.0469. The number of methoxy groups -OCH3 is 2. The number of rotatable bonds is 7. The smallest absolute Gasteiger partial charge is 0.237 e. The summed E-state index contributed by atoms with van der Waals surface area (Å²) in [4.78, 5) is 30.1. The summed E-state index contributed by atoms with van der Waals surface area (Å²) in [6.07, 6.45) is 9.48. The zero-order valence-electron chi connectivity index (χ0n) is 20.2. The molecule has 182 valence electrons. The molecule has 3 fully saturated rings. The third-order valence-electron chi connectivity index (χ3n) is 7.64. The first kappa shape index (κ1) is 23.9. The molecule has 3 aliphatic rings. The van der Waals surface area contributed by atoms with Crippen molar-refractivity contribution in [2.24, 2.45) is 5.92 Å². The first-order chi connectivity index (χ1) is 16.1. The first-order valence-corrected chi connectivity index (χ1v) is 12.6. The third kappa shape index (κ3) is 5.81. The lowest BCUT2D eigenvalue weighted by Gasteiger charge is -2.35. The Balaban J connectivity index is 1.28. The van der Waals surface area contributed by atoms with E-state index < -0.39 is 0 Å². The average Bonchev–Trinajstić information content (AvgIpc) is 3.35. The van der Waals surface area contributed by atoms with E-state index in [9.17, 15) is 9.59 Å². The first-order valence-electron chi connectivity index (χ1n) is 12.6. The van der Waals surface area contributed by atoms with Crippen molar-refractivity contribution in [3.8, 4) is 11.5 Å². The topological polar surface area (TPSA) is 71.1 Å². The summed E-state index contributed by atoms with van der Waals surface area (Å²) >= 11 is 0. The van der Waals surface area contributed by atoms with Gasteiger partial charge in [-0.1, -0.05) is 19.3 Å². The molecule has 1 aromatic rings. The maximum atomic E-state index is 13.2. The van der Waals surface area contributed by atoms with Gasteiger partial charge in [0.05, 0.1) is 26.8 Å². The molecule has 7 heteroatoms. The number of piperidine rings is 1. The van der Waals surface area contributed by atoms with Crippen LogP contribution in [0.1, 0.15) is 69.4 Å². The third-order valence-corrected chi connectivity index (χ3v) is 7.64. The van der Waals surface area contributed by atoms with Crippen LogP contribution >= 0.6 is 0 Å². The highest BCUT2D eigenvalue weighted by Gasteiger charge is 2.33. The monoisotopic (exact) mass is 457 g/mol. The second-order valence-electron chi connectivity index (χ2n) is 9.75. The Kier molecular flexibility index (Phi) is 8.12. The molecule has 4 rings (SSSR count). The summed E-state index contributed by atoms with van der Waals surface area (Å²) < 4.78 is 10.9. The molecule has 0 radical (unpaired) electrons. The van der Waals surface area contributed by atoms with E-state index in [4.69, 9.17) is 9.47 Å². The fourth-order valence-electron chi connectivity index (χ4n) is 5.68. The Bertz CT molecular complexity index is 816. The minimum Gasteiger partial charge on any atom is -0.497 e. The van der Waals surface area contributed by atoms with Crippen LogP contribution in [-0.2, 0) is 9.59 Å². The zero-order chi connectivity index (χ0) is 23.2. The van der Waals surface area contributed by atoms with E-state index in [1.54, 1.807) is 14.2 Å². The van der Waals surface area contributed by atoms with Gasteiger partial charge in [-0.25, -0.2) is 0 Å². The van der Waals surface area contributed by atoms with Gasteiger partial charge in [-0.2, -0.15) is 0 Å². The number of amides is 2. The Morgan fingerprint density at radius 2 is 1.70 bits per heavy atom. The summed E-state index contributed by atoms with van der Waals surface area (Å²) in [5.41, 5.74) is 1.05. The SMILES string of the molecule is COc1ccc(C2CCCN2C(=O)CN2CCC(NC(=O)C3CCCCC3)CC2)c(OC)c1. The molecule has 2 saturated heterocycles. The summed E-state index contributed by atoms with van der Waals surface area (Å²) in [5, 5.41) is 3.28. The van der Waals surface area contributed by atoms with Crippen molar-refractivity contribution >= 4 is 11.8 Å². The van der Waals surface area contributed by atoms with Crippen molar-refractivity contribution in [3.05, 3.63) is 23.8 Å². The van der Waals surface area contributed by atoms with Crippen molar-refractivity contribution in [1.29, 1.82) is 0 Å². The van der Waals surface area contributed by atoms with Gasteiger partial charge in [-0.15, -0.1) is 0 Å². The van der Waals surface area contributed by atoms with Crippen LogP contribution in [0.4, 0.5) is 0 Å².